The lowest BCUT2D eigenvalue weighted by Gasteiger charge is -1.98. The standard InChI is InChI=1S/C18H14N2O3S/c1-11-14-8-13(10-20-17(14)24-16(11)18(22)23-2)15(21)6-5-12-4-3-7-19-9-12/h3-10H,1-2H3/b6-5-. The second kappa shape index (κ2) is 6.72. The molecule has 0 atom stereocenters. The van der Waals surface area contributed by atoms with Crippen molar-refractivity contribution >= 4 is 39.4 Å². The molecule has 5 nitrogen and oxygen atoms in total. The highest BCUT2D eigenvalue weighted by Crippen LogP contribution is 2.30. The van der Waals surface area contributed by atoms with Crippen LogP contribution in [0.3, 0.4) is 0 Å². The number of aromatic nitrogens is 2. The van der Waals surface area contributed by atoms with Gasteiger partial charge in [-0.2, -0.15) is 0 Å². The molecule has 6 heteroatoms. The van der Waals surface area contributed by atoms with Crippen LogP contribution in [0.2, 0.25) is 0 Å². The van der Waals surface area contributed by atoms with Gasteiger partial charge in [0, 0.05) is 29.5 Å². The van der Waals surface area contributed by atoms with E-state index < -0.39 is 0 Å². The summed E-state index contributed by atoms with van der Waals surface area (Å²) in [5.74, 6) is -0.543. The van der Waals surface area contributed by atoms with Gasteiger partial charge in [0.1, 0.15) is 9.71 Å². The summed E-state index contributed by atoms with van der Waals surface area (Å²) in [5.41, 5.74) is 2.10. The zero-order chi connectivity index (χ0) is 17.1. The SMILES string of the molecule is COC(=O)c1sc2ncc(C(=O)/C=C\c3cccnc3)cc2c1C. The molecule has 3 aromatic rings. The molecular formula is C18H14N2O3S. The quantitative estimate of drug-likeness (QED) is 0.412. The monoisotopic (exact) mass is 338 g/mol. The van der Waals surface area contributed by atoms with Crippen molar-refractivity contribution in [2.45, 2.75) is 6.92 Å². The van der Waals surface area contributed by atoms with E-state index in [1.807, 2.05) is 13.0 Å². The van der Waals surface area contributed by atoms with E-state index in [4.69, 9.17) is 4.74 Å². The molecule has 0 aliphatic rings. The van der Waals surface area contributed by atoms with Crippen LogP contribution in [0.5, 0.6) is 0 Å². The molecule has 0 fully saturated rings. The number of allylic oxidation sites excluding steroid dienone is 1. The lowest BCUT2D eigenvalue weighted by molar-refractivity contribution is 0.0605. The average molecular weight is 338 g/mol. The van der Waals surface area contributed by atoms with E-state index in [9.17, 15) is 9.59 Å². The maximum absolute atomic E-state index is 12.3. The van der Waals surface area contributed by atoms with Crippen molar-refractivity contribution in [3.8, 4) is 0 Å². The van der Waals surface area contributed by atoms with Crippen LogP contribution in [0, 0.1) is 6.92 Å². The first-order chi connectivity index (χ1) is 11.6. The second-order valence-corrected chi connectivity index (χ2v) is 6.11. The van der Waals surface area contributed by atoms with E-state index in [-0.39, 0.29) is 11.8 Å². The van der Waals surface area contributed by atoms with Gasteiger partial charge in [0.25, 0.3) is 0 Å². The maximum atomic E-state index is 12.3. The fraction of sp³-hybridized carbons (Fsp3) is 0.111. The number of thiophene rings is 1. The van der Waals surface area contributed by atoms with Gasteiger partial charge in [-0.05, 0) is 42.3 Å². The van der Waals surface area contributed by atoms with Crippen LogP contribution in [-0.4, -0.2) is 28.8 Å². The molecule has 0 N–H and O–H groups in total. The molecule has 0 bridgehead atoms. The van der Waals surface area contributed by atoms with Crippen molar-refractivity contribution in [2.75, 3.05) is 7.11 Å². The number of nitrogens with zero attached hydrogens (tertiary/aromatic N) is 2. The van der Waals surface area contributed by atoms with Gasteiger partial charge in [-0.3, -0.25) is 9.78 Å². The number of ether oxygens (including phenoxy) is 1. The Kier molecular flexibility index (Phi) is 4.48. The summed E-state index contributed by atoms with van der Waals surface area (Å²) in [6, 6.07) is 5.43. The van der Waals surface area contributed by atoms with Crippen molar-refractivity contribution in [3.05, 3.63) is 64.4 Å². The Bertz CT molecular complexity index is 946. The molecule has 24 heavy (non-hydrogen) atoms. The number of hydrogen-bond acceptors (Lipinski definition) is 6. The highest BCUT2D eigenvalue weighted by Gasteiger charge is 2.17. The van der Waals surface area contributed by atoms with Crippen LogP contribution in [-0.2, 0) is 4.74 Å². The van der Waals surface area contributed by atoms with Crippen molar-refractivity contribution in [1.29, 1.82) is 0 Å². The first-order valence-electron chi connectivity index (χ1n) is 7.20. The van der Waals surface area contributed by atoms with Gasteiger partial charge >= 0.3 is 5.97 Å². The first-order valence-corrected chi connectivity index (χ1v) is 8.01. The fourth-order valence-corrected chi connectivity index (χ4v) is 3.31. The van der Waals surface area contributed by atoms with Gasteiger partial charge < -0.3 is 4.74 Å². The molecule has 0 aliphatic carbocycles. The molecule has 0 unspecified atom stereocenters. The number of fused-ring (bicyclic) bond motifs is 1. The van der Waals surface area contributed by atoms with Crippen molar-refractivity contribution in [1.82, 2.24) is 9.97 Å². The van der Waals surface area contributed by atoms with E-state index in [2.05, 4.69) is 9.97 Å². The number of hydrogen-bond donors (Lipinski definition) is 0. The first kappa shape index (κ1) is 16.0. The zero-order valence-electron chi connectivity index (χ0n) is 13.1. The third kappa shape index (κ3) is 3.09. The van der Waals surface area contributed by atoms with Crippen LogP contribution in [0.1, 0.15) is 31.2 Å². The highest BCUT2D eigenvalue weighted by atomic mass is 32.1. The van der Waals surface area contributed by atoms with Crippen LogP contribution in [0.25, 0.3) is 16.3 Å². The summed E-state index contributed by atoms with van der Waals surface area (Å²) in [5, 5.41) is 0.793. The molecule has 0 saturated carbocycles. The van der Waals surface area contributed by atoms with Gasteiger partial charge in [0.15, 0.2) is 5.78 Å². The average Bonchev–Trinajstić information content (AvgIpc) is 2.96. The normalized spacial score (nSPS) is 11.1. The van der Waals surface area contributed by atoms with E-state index in [1.165, 1.54) is 30.7 Å². The minimum absolute atomic E-state index is 0.154. The van der Waals surface area contributed by atoms with Crippen LogP contribution in [0.4, 0.5) is 0 Å². The minimum atomic E-state index is -0.389. The number of rotatable bonds is 4. The van der Waals surface area contributed by atoms with E-state index in [0.29, 0.717) is 15.3 Å². The molecule has 0 saturated heterocycles. The number of pyridine rings is 2. The molecule has 120 valence electrons. The predicted molar refractivity (Wildman–Crippen MR) is 93.3 cm³/mol. The third-order valence-corrected chi connectivity index (χ3v) is 4.76. The van der Waals surface area contributed by atoms with Gasteiger partial charge in [-0.25, -0.2) is 9.78 Å². The number of esters is 1. The largest absolute Gasteiger partial charge is 0.465 e. The van der Waals surface area contributed by atoms with Gasteiger partial charge in [0.05, 0.1) is 7.11 Å². The summed E-state index contributed by atoms with van der Waals surface area (Å²) >= 11 is 1.26. The molecule has 0 aromatic carbocycles. The molecule has 3 rings (SSSR count). The van der Waals surface area contributed by atoms with Crippen LogP contribution in [0.15, 0.2) is 42.9 Å². The maximum Gasteiger partial charge on any atom is 0.348 e. The van der Waals surface area contributed by atoms with Gasteiger partial charge in [-0.15, -0.1) is 11.3 Å². The number of ketones is 1. The zero-order valence-corrected chi connectivity index (χ0v) is 14.0. The topological polar surface area (TPSA) is 69.2 Å². The fourth-order valence-electron chi connectivity index (χ4n) is 2.26. The Labute approximate surface area is 142 Å². The Morgan fingerprint density at radius 2 is 2.12 bits per heavy atom. The Morgan fingerprint density at radius 3 is 2.83 bits per heavy atom. The van der Waals surface area contributed by atoms with Crippen LogP contribution < -0.4 is 0 Å². The smallest absolute Gasteiger partial charge is 0.348 e. The molecule has 0 amide bonds. The van der Waals surface area contributed by atoms with Crippen LogP contribution >= 0.6 is 11.3 Å². The van der Waals surface area contributed by atoms with E-state index in [0.717, 1.165) is 16.5 Å². The van der Waals surface area contributed by atoms with Crippen molar-refractivity contribution in [3.63, 3.8) is 0 Å². The van der Waals surface area contributed by atoms with Gasteiger partial charge in [0.2, 0.25) is 0 Å². The summed E-state index contributed by atoms with van der Waals surface area (Å²) in [6.45, 7) is 1.83. The Balaban J connectivity index is 1.93. The van der Waals surface area contributed by atoms with E-state index >= 15 is 0 Å². The summed E-state index contributed by atoms with van der Waals surface area (Å²) in [7, 11) is 1.35. The van der Waals surface area contributed by atoms with Gasteiger partial charge in [-0.1, -0.05) is 6.07 Å². The summed E-state index contributed by atoms with van der Waals surface area (Å²) in [4.78, 5) is 33.6. The minimum Gasteiger partial charge on any atom is -0.465 e. The molecule has 3 heterocycles. The summed E-state index contributed by atoms with van der Waals surface area (Å²) < 4.78 is 4.77. The molecule has 0 radical (unpaired) electrons. The number of carbonyl (C=O) groups excluding carboxylic acids is 2. The second-order valence-electron chi connectivity index (χ2n) is 5.11. The van der Waals surface area contributed by atoms with E-state index in [1.54, 1.807) is 30.6 Å². The molecule has 0 spiro atoms. The predicted octanol–water partition coefficient (Wildman–Crippen LogP) is 3.68. The Morgan fingerprint density at radius 1 is 1.29 bits per heavy atom. The Hall–Kier alpha value is -2.86. The number of carbonyl (C=O) groups is 2. The lowest BCUT2D eigenvalue weighted by Crippen LogP contribution is -1.99. The lowest BCUT2D eigenvalue weighted by atomic mass is 10.1. The molecular weight excluding hydrogens is 324 g/mol. The third-order valence-electron chi connectivity index (χ3n) is 3.56. The number of methoxy groups -OCH3 is 1. The number of aryl methyl sites for hydroxylation is 1. The molecule has 3 aromatic heterocycles. The molecule has 0 aliphatic heterocycles. The van der Waals surface area contributed by atoms with Crippen molar-refractivity contribution in [2.24, 2.45) is 0 Å². The highest BCUT2D eigenvalue weighted by molar-refractivity contribution is 7.20. The summed E-state index contributed by atoms with van der Waals surface area (Å²) in [6.07, 6.45) is 8.07. The van der Waals surface area contributed by atoms with Crippen molar-refractivity contribution < 1.29 is 14.3 Å².